The maximum atomic E-state index is 11.6. The Balaban J connectivity index is 1.77. The lowest BCUT2D eigenvalue weighted by Crippen LogP contribution is -2.47. The number of carbonyl (C=O) groups excluding carboxylic acids is 1. The van der Waals surface area contributed by atoms with E-state index in [1.165, 1.54) is 45.2 Å². The van der Waals surface area contributed by atoms with Crippen molar-refractivity contribution < 1.29 is 4.79 Å². The molecule has 1 atom stereocenters. The van der Waals surface area contributed by atoms with Crippen LogP contribution in [-0.2, 0) is 4.79 Å². The summed E-state index contributed by atoms with van der Waals surface area (Å²) >= 11 is 0. The zero-order valence-electron chi connectivity index (χ0n) is 11.2. The molecule has 1 unspecified atom stereocenters. The first-order valence-electron chi connectivity index (χ1n) is 7.24. The number of carbonyl (C=O) groups is 1. The maximum Gasteiger partial charge on any atom is 0.146 e. The van der Waals surface area contributed by atoms with Crippen molar-refractivity contribution in [3.63, 3.8) is 0 Å². The summed E-state index contributed by atoms with van der Waals surface area (Å²) in [6.45, 7) is 7.65. The van der Waals surface area contributed by atoms with Crippen molar-refractivity contribution >= 4 is 5.78 Å². The van der Waals surface area contributed by atoms with Crippen LogP contribution in [0.1, 0.15) is 45.4 Å². The first-order valence-corrected chi connectivity index (χ1v) is 7.24. The molecule has 0 saturated carbocycles. The van der Waals surface area contributed by atoms with Gasteiger partial charge in [0, 0.05) is 13.1 Å². The van der Waals surface area contributed by atoms with Crippen molar-refractivity contribution in [2.24, 2.45) is 0 Å². The fourth-order valence-electron chi connectivity index (χ4n) is 3.17. The molecule has 0 aromatic carbocycles. The molecule has 0 bridgehead atoms. The van der Waals surface area contributed by atoms with Crippen molar-refractivity contribution in [3.8, 4) is 0 Å². The molecule has 2 rings (SSSR count). The minimum absolute atomic E-state index is 0.216. The van der Waals surface area contributed by atoms with Gasteiger partial charge in [0.05, 0.1) is 6.04 Å². The molecule has 3 heteroatoms. The normalized spacial score (nSPS) is 28.2. The number of hydrogen-bond donors (Lipinski definition) is 0. The van der Waals surface area contributed by atoms with Gasteiger partial charge in [0.1, 0.15) is 5.78 Å². The number of rotatable bonds is 4. The van der Waals surface area contributed by atoms with Crippen LogP contribution < -0.4 is 0 Å². The molecule has 98 valence electrons. The van der Waals surface area contributed by atoms with E-state index in [0.717, 1.165) is 26.1 Å². The molecule has 0 aliphatic carbocycles. The van der Waals surface area contributed by atoms with E-state index >= 15 is 0 Å². The predicted octanol–water partition coefficient (Wildman–Crippen LogP) is 1.92. The van der Waals surface area contributed by atoms with Crippen LogP contribution in [0, 0.1) is 0 Å². The third kappa shape index (κ3) is 3.78. The molecule has 3 nitrogen and oxygen atoms in total. The topological polar surface area (TPSA) is 23.6 Å². The average molecular weight is 238 g/mol. The Morgan fingerprint density at radius 1 is 1.00 bits per heavy atom. The third-order valence-corrected chi connectivity index (χ3v) is 4.24. The summed E-state index contributed by atoms with van der Waals surface area (Å²) < 4.78 is 0. The lowest BCUT2D eigenvalue weighted by molar-refractivity contribution is -0.123. The van der Waals surface area contributed by atoms with Crippen molar-refractivity contribution in [1.29, 1.82) is 0 Å². The first-order chi connectivity index (χ1) is 8.27. The Kier molecular flexibility index (Phi) is 4.99. The van der Waals surface area contributed by atoms with E-state index in [2.05, 4.69) is 9.80 Å². The number of likely N-dealkylation sites (tertiary alicyclic amines) is 2. The summed E-state index contributed by atoms with van der Waals surface area (Å²) in [7, 11) is 0. The number of piperidine rings is 2. The van der Waals surface area contributed by atoms with Gasteiger partial charge >= 0.3 is 0 Å². The quantitative estimate of drug-likeness (QED) is 0.747. The summed E-state index contributed by atoms with van der Waals surface area (Å²) in [5.41, 5.74) is 0. The summed E-state index contributed by atoms with van der Waals surface area (Å²) in [6, 6.07) is 0.216. The molecule has 0 aromatic heterocycles. The van der Waals surface area contributed by atoms with Gasteiger partial charge in [0.25, 0.3) is 0 Å². The van der Waals surface area contributed by atoms with Crippen LogP contribution in [0.2, 0.25) is 0 Å². The summed E-state index contributed by atoms with van der Waals surface area (Å²) in [5.74, 6) is 0.364. The maximum absolute atomic E-state index is 11.6. The second kappa shape index (κ2) is 6.50. The van der Waals surface area contributed by atoms with Crippen molar-refractivity contribution in [2.45, 2.75) is 51.5 Å². The van der Waals surface area contributed by atoms with E-state index < -0.39 is 0 Å². The van der Waals surface area contributed by atoms with Gasteiger partial charge < -0.3 is 4.90 Å². The summed E-state index contributed by atoms with van der Waals surface area (Å²) in [4.78, 5) is 16.6. The van der Waals surface area contributed by atoms with E-state index in [9.17, 15) is 4.79 Å². The minimum Gasteiger partial charge on any atom is -0.302 e. The monoisotopic (exact) mass is 238 g/mol. The Hall–Kier alpha value is -0.410. The summed E-state index contributed by atoms with van der Waals surface area (Å²) in [5, 5.41) is 0. The van der Waals surface area contributed by atoms with Crippen LogP contribution in [0.4, 0.5) is 0 Å². The zero-order chi connectivity index (χ0) is 12.1. The van der Waals surface area contributed by atoms with Gasteiger partial charge in [0.15, 0.2) is 0 Å². The van der Waals surface area contributed by atoms with Gasteiger partial charge in [0.2, 0.25) is 0 Å². The van der Waals surface area contributed by atoms with Crippen LogP contribution in [-0.4, -0.2) is 54.3 Å². The highest BCUT2D eigenvalue weighted by atomic mass is 16.1. The Bertz CT molecular complexity index is 249. The molecule has 0 spiro atoms. The van der Waals surface area contributed by atoms with Crippen LogP contribution in [0.25, 0.3) is 0 Å². The standard InChI is InChI=1S/C14H26N2O/c1-13(17)14-7-3-6-10-16(14)12-11-15-8-4-2-5-9-15/h14H,2-12H2,1H3. The Morgan fingerprint density at radius 2 is 1.71 bits per heavy atom. The molecule has 0 amide bonds. The molecule has 17 heavy (non-hydrogen) atoms. The second-order valence-corrected chi connectivity index (χ2v) is 5.56. The molecule has 2 aliphatic rings. The average Bonchev–Trinajstić information content (AvgIpc) is 2.38. The van der Waals surface area contributed by atoms with Crippen molar-refractivity contribution in [2.75, 3.05) is 32.7 Å². The lowest BCUT2D eigenvalue weighted by atomic mass is 9.99. The molecule has 2 aliphatic heterocycles. The molecule has 0 N–H and O–H groups in total. The van der Waals surface area contributed by atoms with Crippen molar-refractivity contribution in [3.05, 3.63) is 0 Å². The molecular formula is C14H26N2O. The molecule has 0 radical (unpaired) electrons. The fraction of sp³-hybridized carbons (Fsp3) is 0.929. The highest BCUT2D eigenvalue weighted by molar-refractivity contribution is 5.81. The summed E-state index contributed by atoms with van der Waals surface area (Å²) in [6.07, 6.45) is 7.69. The van der Waals surface area contributed by atoms with Crippen LogP contribution in [0.5, 0.6) is 0 Å². The van der Waals surface area contributed by atoms with Crippen molar-refractivity contribution in [1.82, 2.24) is 9.80 Å². The molecule has 2 heterocycles. The second-order valence-electron chi connectivity index (χ2n) is 5.56. The lowest BCUT2D eigenvalue weighted by Gasteiger charge is -2.36. The van der Waals surface area contributed by atoms with Gasteiger partial charge in [-0.05, 0) is 52.2 Å². The number of hydrogen-bond acceptors (Lipinski definition) is 3. The van der Waals surface area contributed by atoms with Gasteiger partial charge in [-0.15, -0.1) is 0 Å². The van der Waals surface area contributed by atoms with Gasteiger partial charge in [-0.25, -0.2) is 0 Å². The Morgan fingerprint density at radius 3 is 2.41 bits per heavy atom. The minimum atomic E-state index is 0.216. The van der Waals surface area contributed by atoms with Gasteiger partial charge in [-0.3, -0.25) is 9.69 Å². The molecular weight excluding hydrogens is 212 g/mol. The number of ketones is 1. The van der Waals surface area contributed by atoms with E-state index in [1.54, 1.807) is 6.92 Å². The van der Waals surface area contributed by atoms with Crippen LogP contribution >= 0.6 is 0 Å². The van der Waals surface area contributed by atoms with Gasteiger partial charge in [-0.1, -0.05) is 12.8 Å². The predicted molar refractivity (Wildman–Crippen MR) is 70.2 cm³/mol. The first kappa shape index (κ1) is 13.0. The third-order valence-electron chi connectivity index (χ3n) is 4.24. The van der Waals surface area contributed by atoms with E-state index in [-0.39, 0.29) is 6.04 Å². The van der Waals surface area contributed by atoms with E-state index in [0.29, 0.717) is 5.78 Å². The molecule has 0 aromatic rings. The highest BCUT2D eigenvalue weighted by Crippen LogP contribution is 2.18. The fourth-order valence-corrected chi connectivity index (χ4v) is 3.17. The SMILES string of the molecule is CC(=O)C1CCCCN1CCN1CCCCC1. The van der Waals surface area contributed by atoms with Crippen LogP contribution in [0.3, 0.4) is 0 Å². The highest BCUT2D eigenvalue weighted by Gasteiger charge is 2.26. The number of Topliss-reactive ketones (excluding diaryl/α,β-unsaturated/α-hetero) is 1. The number of nitrogens with zero attached hydrogens (tertiary/aromatic N) is 2. The van der Waals surface area contributed by atoms with E-state index in [4.69, 9.17) is 0 Å². The van der Waals surface area contributed by atoms with Gasteiger partial charge in [-0.2, -0.15) is 0 Å². The largest absolute Gasteiger partial charge is 0.302 e. The molecule has 2 saturated heterocycles. The Labute approximate surface area is 105 Å². The van der Waals surface area contributed by atoms with Crippen LogP contribution in [0.15, 0.2) is 0 Å². The molecule has 2 fully saturated rings. The smallest absolute Gasteiger partial charge is 0.146 e. The van der Waals surface area contributed by atoms with E-state index in [1.807, 2.05) is 0 Å². The zero-order valence-corrected chi connectivity index (χ0v) is 11.2.